The lowest BCUT2D eigenvalue weighted by atomic mass is 9.73. The minimum Gasteiger partial charge on any atom is -0.0642 e. The van der Waals surface area contributed by atoms with Crippen molar-refractivity contribution in [1.82, 2.24) is 0 Å². The highest BCUT2D eigenvalue weighted by atomic mass is 28.3. The molecule has 0 unspecified atom stereocenters. The maximum Gasteiger partial charge on any atom is 0.179 e. The molecule has 0 bridgehead atoms. The Balaban J connectivity index is 0.876. The first-order valence-electron chi connectivity index (χ1n) is 25.3. The molecule has 2 heteroatoms. The summed E-state index contributed by atoms with van der Waals surface area (Å²) in [6.07, 6.45) is 11.3. The van der Waals surface area contributed by atoms with Gasteiger partial charge in [0.25, 0.3) is 0 Å². The van der Waals surface area contributed by atoms with Crippen LogP contribution in [0.3, 0.4) is 0 Å². The first kappa shape index (κ1) is 45.6. The van der Waals surface area contributed by atoms with Gasteiger partial charge in [-0.1, -0.05) is 305 Å². The summed E-state index contributed by atoms with van der Waals surface area (Å²) >= 11 is 0. The summed E-state index contributed by atoms with van der Waals surface area (Å²) in [5, 5.41) is 11.1. The summed E-state index contributed by atoms with van der Waals surface area (Å²) in [7, 11) is -5.14. The molecule has 71 heavy (non-hydrogen) atoms. The molecule has 0 radical (unpaired) electrons. The summed E-state index contributed by atoms with van der Waals surface area (Å²) in [6, 6.07) is 100.0. The second kappa shape index (κ2) is 19.8. The Kier molecular flexibility index (Phi) is 12.7. The van der Waals surface area contributed by atoms with Crippen molar-refractivity contribution >= 4 is 81.9 Å². The van der Waals surface area contributed by atoms with Gasteiger partial charge in [0.15, 0.2) is 16.1 Å². The van der Waals surface area contributed by atoms with Crippen LogP contribution in [0.5, 0.6) is 0 Å². The second-order valence-corrected chi connectivity index (χ2v) is 26.6. The van der Waals surface area contributed by atoms with Gasteiger partial charge in [0, 0.05) is 5.41 Å². The van der Waals surface area contributed by atoms with Crippen molar-refractivity contribution in [1.29, 1.82) is 0 Å². The van der Waals surface area contributed by atoms with Gasteiger partial charge in [-0.3, -0.25) is 0 Å². The van der Waals surface area contributed by atoms with E-state index in [9.17, 15) is 0 Å². The molecule has 0 saturated carbocycles. The average molecular weight is 943 g/mol. The summed E-state index contributed by atoms with van der Waals surface area (Å²) in [5.74, 6) is 0. The number of hydrogen-bond acceptors (Lipinski definition) is 0. The molecule has 11 rings (SSSR count). The number of benzene rings is 10. The summed E-state index contributed by atoms with van der Waals surface area (Å²) in [5.41, 5.74) is 10.4. The first-order valence-corrected chi connectivity index (χ1v) is 29.3. The molecular weight excluding hydrogens is 885 g/mol. The van der Waals surface area contributed by atoms with Gasteiger partial charge < -0.3 is 0 Å². The fourth-order valence-electron chi connectivity index (χ4n) is 12.0. The number of rotatable bonds is 14. The fourth-order valence-corrected chi connectivity index (χ4v) is 21.4. The molecule has 0 saturated heterocycles. The van der Waals surface area contributed by atoms with Crippen LogP contribution in [0.4, 0.5) is 0 Å². The molecule has 0 aromatic heterocycles. The lowest BCUT2D eigenvalue weighted by Crippen LogP contribution is -2.74. The molecule has 10 aromatic carbocycles. The Morgan fingerprint density at radius 1 is 0.268 bits per heavy atom. The van der Waals surface area contributed by atoms with Crippen LogP contribution in [0.2, 0.25) is 0 Å². The molecule has 0 fully saturated rings. The van der Waals surface area contributed by atoms with Gasteiger partial charge in [0.2, 0.25) is 0 Å². The Morgan fingerprint density at radius 3 is 0.746 bits per heavy atom. The largest absolute Gasteiger partial charge is 0.179 e. The van der Waals surface area contributed by atoms with Crippen molar-refractivity contribution in [2.75, 3.05) is 0 Å². The van der Waals surface area contributed by atoms with Crippen LogP contribution in [-0.2, 0) is 5.41 Å². The van der Waals surface area contributed by atoms with Crippen LogP contribution in [0.1, 0.15) is 60.1 Å². The molecule has 342 valence electrons. The van der Waals surface area contributed by atoms with E-state index in [0.29, 0.717) is 0 Å². The van der Waals surface area contributed by atoms with Gasteiger partial charge in [-0.05, 0) is 98.8 Å². The van der Waals surface area contributed by atoms with E-state index in [1.807, 2.05) is 0 Å². The van der Waals surface area contributed by atoms with Crippen molar-refractivity contribution in [2.45, 2.75) is 32.1 Å². The van der Waals surface area contributed by atoms with E-state index in [2.05, 4.69) is 305 Å². The van der Waals surface area contributed by atoms with Crippen LogP contribution < -0.4 is 41.5 Å². The maximum atomic E-state index is 2.46. The predicted octanol–water partition coefficient (Wildman–Crippen LogP) is 11.9. The normalized spacial score (nSPS) is 13.0. The molecular formula is C69H58Si2. The van der Waals surface area contributed by atoms with Gasteiger partial charge in [0.05, 0.1) is 0 Å². The SMILES string of the molecule is CCC1(CC)c2cc(/C=C/c3ccc([Si](c4ccccc4)(c4ccccc4)c4ccccc4)cc3)ccc2-c2ccc(/C=C/c3ccc([Si](c4ccccc4)(c4ccccc4)c4ccccc4)cc3)cc21. The highest BCUT2D eigenvalue weighted by Gasteiger charge is 2.43. The lowest BCUT2D eigenvalue weighted by molar-refractivity contribution is 0.490. The fraction of sp³-hybridized carbons (Fsp3) is 0.0725. The second-order valence-electron chi connectivity index (χ2n) is 19.0. The van der Waals surface area contributed by atoms with Gasteiger partial charge >= 0.3 is 0 Å². The van der Waals surface area contributed by atoms with E-state index < -0.39 is 16.1 Å². The van der Waals surface area contributed by atoms with E-state index in [-0.39, 0.29) is 5.41 Å². The molecule has 1 aliphatic rings. The van der Waals surface area contributed by atoms with Gasteiger partial charge in [-0.2, -0.15) is 0 Å². The number of hydrogen-bond donors (Lipinski definition) is 0. The molecule has 0 heterocycles. The van der Waals surface area contributed by atoms with Crippen LogP contribution in [0, 0.1) is 0 Å². The zero-order valence-electron chi connectivity index (χ0n) is 40.6. The molecule has 10 aromatic rings. The van der Waals surface area contributed by atoms with Crippen molar-refractivity contribution < 1.29 is 0 Å². The molecule has 0 aliphatic heterocycles. The molecule has 1 aliphatic carbocycles. The third-order valence-corrected chi connectivity index (χ3v) is 25.1. The Hall–Kier alpha value is -7.89. The smallest absolute Gasteiger partial charge is 0.0642 e. The molecule has 0 atom stereocenters. The predicted molar refractivity (Wildman–Crippen MR) is 311 cm³/mol. The summed E-state index contributed by atoms with van der Waals surface area (Å²) in [6.45, 7) is 4.73. The third kappa shape index (κ3) is 8.13. The number of fused-ring (bicyclic) bond motifs is 3. The minimum atomic E-state index is -2.57. The highest BCUT2D eigenvalue weighted by molar-refractivity contribution is 7.20. The van der Waals surface area contributed by atoms with E-state index in [1.54, 1.807) is 0 Å². The van der Waals surface area contributed by atoms with E-state index in [4.69, 9.17) is 0 Å². The maximum absolute atomic E-state index is 2.57. The summed E-state index contributed by atoms with van der Waals surface area (Å²) in [4.78, 5) is 0. The lowest BCUT2D eigenvalue weighted by Gasteiger charge is -2.34. The zero-order chi connectivity index (χ0) is 48.1. The molecule has 0 spiro atoms. The first-order chi connectivity index (χ1) is 35.1. The minimum absolute atomic E-state index is 0.0534. The molecule has 0 N–H and O–H groups in total. The monoisotopic (exact) mass is 942 g/mol. The van der Waals surface area contributed by atoms with Crippen LogP contribution >= 0.6 is 0 Å². The van der Waals surface area contributed by atoms with Gasteiger partial charge in [-0.15, -0.1) is 0 Å². The quantitative estimate of drug-likeness (QED) is 0.0579. The van der Waals surface area contributed by atoms with E-state index >= 15 is 0 Å². The Labute approximate surface area is 423 Å². The average Bonchev–Trinajstić information content (AvgIpc) is 3.73. The van der Waals surface area contributed by atoms with Crippen LogP contribution in [0.15, 0.2) is 267 Å². The van der Waals surface area contributed by atoms with Gasteiger partial charge in [-0.25, -0.2) is 0 Å². The topological polar surface area (TPSA) is 0 Å². The van der Waals surface area contributed by atoms with Crippen molar-refractivity contribution in [3.05, 3.63) is 300 Å². The van der Waals surface area contributed by atoms with Crippen LogP contribution in [-0.4, -0.2) is 16.1 Å². The molecule has 0 amide bonds. The third-order valence-electron chi connectivity index (χ3n) is 15.5. The standard InChI is InChI=1S/C69H58Si2/c1-3-69(4-2)67-51-55(37-35-53-39-45-63(46-40-53)70(57-23-11-5-12-24-57,58-25-13-6-14-26-58)59-27-15-7-16-28-59)43-49-65(67)66-50-44-56(52-68(66)69)38-36-54-41-47-64(48-42-54)71(60-29-17-8-18-30-60,61-31-19-9-20-32-61)62-33-21-10-22-34-62/h5-52H,3-4H2,1-2H3/b37-35+,38-36+. The zero-order valence-corrected chi connectivity index (χ0v) is 42.6. The van der Waals surface area contributed by atoms with Gasteiger partial charge in [0.1, 0.15) is 0 Å². The Bertz CT molecular complexity index is 3010. The van der Waals surface area contributed by atoms with Crippen molar-refractivity contribution in [3.63, 3.8) is 0 Å². The summed E-state index contributed by atoms with van der Waals surface area (Å²) < 4.78 is 0. The Morgan fingerprint density at radius 2 is 0.493 bits per heavy atom. The van der Waals surface area contributed by atoms with E-state index in [0.717, 1.165) is 12.8 Å². The highest BCUT2D eigenvalue weighted by Crippen LogP contribution is 2.53. The molecule has 0 nitrogen and oxygen atoms in total. The van der Waals surface area contributed by atoms with Crippen molar-refractivity contribution in [3.8, 4) is 11.1 Å². The van der Waals surface area contributed by atoms with Crippen LogP contribution in [0.25, 0.3) is 35.4 Å². The van der Waals surface area contributed by atoms with E-state index in [1.165, 1.54) is 86.0 Å². The van der Waals surface area contributed by atoms with Crippen molar-refractivity contribution in [2.24, 2.45) is 0 Å².